The number of benzene rings is 2. The van der Waals surface area contributed by atoms with E-state index >= 15 is 0 Å². The number of nitrogens with zero attached hydrogens (tertiary/aromatic N) is 3. The second kappa shape index (κ2) is 12.2. The number of Topliss-reactive ketones (excluding diaryl/α,β-unsaturated/α-hetero) is 1. The first kappa shape index (κ1) is 29.3. The third-order valence-corrected chi connectivity index (χ3v) is 10.0. The van der Waals surface area contributed by atoms with Crippen molar-refractivity contribution in [3.63, 3.8) is 0 Å². The molecule has 0 radical (unpaired) electrons. The molecular weight excluding hydrogens is 530 g/mol. The predicted molar refractivity (Wildman–Crippen MR) is 157 cm³/mol. The van der Waals surface area contributed by atoms with E-state index in [9.17, 15) is 9.59 Å². The smallest absolute Gasteiger partial charge is 0.410 e. The zero-order valence-electron chi connectivity index (χ0n) is 23.7. The van der Waals surface area contributed by atoms with Crippen LogP contribution < -0.4 is 0 Å². The molecule has 0 aliphatic carbocycles. The Hall–Kier alpha value is -2.68. The second-order valence-corrected chi connectivity index (χ2v) is 16.9. The Morgan fingerprint density at radius 3 is 2.59 bits per heavy atom. The Bertz CT molecular complexity index is 1290. The van der Waals surface area contributed by atoms with Crippen molar-refractivity contribution >= 4 is 42.8 Å². The molecule has 1 aliphatic heterocycles. The van der Waals surface area contributed by atoms with E-state index in [0.717, 1.165) is 35.5 Å². The van der Waals surface area contributed by atoms with Crippen molar-refractivity contribution in [2.24, 2.45) is 5.41 Å². The molecule has 3 aromatic rings. The van der Waals surface area contributed by atoms with E-state index in [1.54, 1.807) is 17.3 Å². The molecule has 2 aromatic carbocycles. The van der Waals surface area contributed by atoms with Crippen molar-refractivity contribution in [3.05, 3.63) is 65.4 Å². The lowest BCUT2D eigenvalue weighted by atomic mass is 9.95. The van der Waals surface area contributed by atoms with Gasteiger partial charge in [-0.15, -0.1) is 0 Å². The first-order valence-corrected chi connectivity index (χ1v) is 17.2. The monoisotopic (exact) mass is 569 g/mol. The van der Waals surface area contributed by atoms with Gasteiger partial charge in [-0.1, -0.05) is 62.7 Å². The third kappa shape index (κ3) is 8.16. The maximum atomic E-state index is 13.5. The molecule has 1 aliphatic rings. The Balaban J connectivity index is 1.53. The van der Waals surface area contributed by atoms with E-state index in [0.29, 0.717) is 11.6 Å². The second-order valence-electron chi connectivity index (χ2n) is 12.3. The first-order valence-electron chi connectivity index (χ1n) is 13.7. The number of amides is 1. The lowest BCUT2D eigenvalue weighted by Gasteiger charge is -2.44. The standard InChI is InChI=1S/C30H40ClN3O4Si/c1-30(2,3)20-39(4,5)38-28-12-9-15-34(29(36)37-19-22-10-7-6-8-11-22)27(28)17-24(35)18-33-21-32-25-14-13-23(31)16-26(25)33/h6-8,10-11,13-14,16,21,27-28H,9,12,15,17-20H2,1-5H3/t27-,28+/m1/s1. The summed E-state index contributed by atoms with van der Waals surface area (Å²) in [7, 11) is -2.08. The Kier molecular flexibility index (Phi) is 9.19. The molecule has 0 N–H and O–H groups in total. The molecule has 1 aromatic heterocycles. The third-order valence-electron chi connectivity index (χ3n) is 6.95. The number of aromatic nitrogens is 2. The van der Waals surface area contributed by atoms with Gasteiger partial charge in [0, 0.05) is 18.0 Å². The van der Waals surface area contributed by atoms with Crippen LogP contribution in [0.25, 0.3) is 11.0 Å². The van der Waals surface area contributed by atoms with Gasteiger partial charge < -0.3 is 18.6 Å². The molecule has 210 valence electrons. The quantitative estimate of drug-likeness (QED) is 0.257. The Morgan fingerprint density at radius 2 is 1.87 bits per heavy atom. The van der Waals surface area contributed by atoms with Gasteiger partial charge >= 0.3 is 6.09 Å². The van der Waals surface area contributed by atoms with E-state index in [-0.39, 0.29) is 42.9 Å². The molecule has 0 unspecified atom stereocenters. The van der Waals surface area contributed by atoms with Crippen molar-refractivity contribution in [3.8, 4) is 0 Å². The predicted octanol–water partition coefficient (Wildman–Crippen LogP) is 7.09. The van der Waals surface area contributed by atoms with Crippen molar-refractivity contribution in [2.75, 3.05) is 6.54 Å². The fourth-order valence-corrected chi connectivity index (χ4v) is 9.70. The number of imidazole rings is 1. The number of ketones is 1. The van der Waals surface area contributed by atoms with Gasteiger partial charge in [0.15, 0.2) is 14.1 Å². The van der Waals surface area contributed by atoms with E-state index in [2.05, 4.69) is 38.8 Å². The first-order chi connectivity index (χ1) is 18.4. The van der Waals surface area contributed by atoms with Gasteiger partial charge in [-0.25, -0.2) is 9.78 Å². The summed E-state index contributed by atoms with van der Waals surface area (Å²) in [6, 6.07) is 15.7. The summed E-state index contributed by atoms with van der Waals surface area (Å²) < 4.78 is 14.4. The molecule has 4 rings (SSSR count). The minimum absolute atomic E-state index is 0.00549. The summed E-state index contributed by atoms with van der Waals surface area (Å²) in [5, 5.41) is 0.593. The van der Waals surface area contributed by atoms with Crippen molar-refractivity contribution < 1.29 is 18.8 Å². The van der Waals surface area contributed by atoms with Gasteiger partial charge in [0.1, 0.15) is 6.61 Å². The zero-order chi connectivity index (χ0) is 28.2. The number of halogens is 1. The molecule has 7 nitrogen and oxygen atoms in total. The Morgan fingerprint density at radius 1 is 1.13 bits per heavy atom. The molecule has 1 saturated heterocycles. The molecule has 0 spiro atoms. The van der Waals surface area contributed by atoms with Crippen molar-refractivity contribution in [2.45, 2.75) is 84.5 Å². The summed E-state index contributed by atoms with van der Waals surface area (Å²) in [6.07, 6.45) is 2.85. The van der Waals surface area contributed by atoms with Gasteiger partial charge in [0.25, 0.3) is 0 Å². The van der Waals surface area contributed by atoms with Gasteiger partial charge in [-0.3, -0.25) is 4.79 Å². The SMILES string of the molecule is CC(C)(C)C[Si](C)(C)O[C@H]1CCCN(C(=O)OCc2ccccc2)[C@@H]1CC(=O)Cn1cnc2ccc(Cl)cc21. The minimum atomic E-state index is -2.08. The molecule has 0 bridgehead atoms. The fourth-order valence-electron chi connectivity index (χ4n) is 5.80. The maximum Gasteiger partial charge on any atom is 0.410 e. The topological polar surface area (TPSA) is 73.7 Å². The van der Waals surface area contributed by atoms with Crippen LogP contribution in [-0.4, -0.2) is 53.3 Å². The number of likely N-dealkylation sites (tertiary alicyclic amines) is 1. The molecule has 1 amide bonds. The van der Waals surface area contributed by atoms with Gasteiger partial charge in [-0.2, -0.15) is 0 Å². The van der Waals surface area contributed by atoms with Gasteiger partial charge in [-0.05, 0) is 61.2 Å². The highest BCUT2D eigenvalue weighted by Crippen LogP contribution is 2.33. The number of carbonyl (C=O) groups excluding carboxylic acids is 2. The number of fused-ring (bicyclic) bond motifs is 1. The lowest BCUT2D eigenvalue weighted by Crippen LogP contribution is -2.55. The molecule has 39 heavy (non-hydrogen) atoms. The summed E-state index contributed by atoms with van der Waals surface area (Å²) >= 11 is 6.20. The number of rotatable bonds is 9. The number of hydrogen-bond donors (Lipinski definition) is 0. The van der Waals surface area contributed by atoms with E-state index < -0.39 is 14.4 Å². The fraction of sp³-hybridized carbons (Fsp3) is 0.500. The van der Waals surface area contributed by atoms with Crippen LogP contribution in [0.4, 0.5) is 4.79 Å². The summed E-state index contributed by atoms with van der Waals surface area (Å²) in [5.74, 6) is 0.00549. The average Bonchev–Trinajstić information content (AvgIpc) is 3.24. The maximum absolute atomic E-state index is 13.5. The van der Waals surface area contributed by atoms with Crippen LogP contribution in [0.1, 0.15) is 45.6 Å². The van der Waals surface area contributed by atoms with Crippen LogP contribution in [0.2, 0.25) is 24.2 Å². The zero-order valence-corrected chi connectivity index (χ0v) is 25.4. The summed E-state index contributed by atoms with van der Waals surface area (Å²) in [5.41, 5.74) is 2.65. The molecule has 0 saturated carbocycles. The van der Waals surface area contributed by atoms with E-state index in [1.165, 1.54) is 0 Å². The number of ether oxygens (including phenoxy) is 1. The van der Waals surface area contributed by atoms with Gasteiger partial charge in [0.05, 0.1) is 36.1 Å². The lowest BCUT2D eigenvalue weighted by molar-refractivity contribution is -0.122. The Labute approximate surface area is 237 Å². The number of carbonyl (C=O) groups is 2. The summed E-state index contributed by atoms with van der Waals surface area (Å²) in [4.78, 5) is 33.0. The van der Waals surface area contributed by atoms with Crippen LogP contribution in [0.5, 0.6) is 0 Å². The van der Waals surface area contributed by atoms with Crippen LogP contribution in [-0.2, 0) is 27.1 Å². The van der Waals surface area contributed by atoms with E-state index in [1.807, 2.05) is 47.0 Å². The van der Waals surface area contributed by atoms with Crippen LogP contribution in [0.3, 0.4) is 0 Å². The molecule has 2 heterocycles. The van der Waals surface area contributed by atoms with Crippen molar-refractivity contribution in [1.29, 1.82) is 0 Å². The number of hydrogen-bond acceptors (Lipinski definition) is 5. The minimum Gasteiger partial charge on any atom is -0.445 e. The largest absolute Gasteiger partial charge is 0.445 e. The highest BCUT2D eigenvalue weighted by molar-refractivity contribution is 6.71. The molecular formula is C30H40ClN3O4Si. The highest BCUT2D eigenvalue weighted by Gasteiger charge is 2.41. The normalized spacial score (nSPS) is 18.4. The number of piperidine rings is 1. The van der Waals surface area contributed by atoms with E-state index in [4.69, 9.17) is 20.8 Å². The summed E-state index contributed by atoms with van der Waals surface area (Å²) in [6.45, 7) is 12.0. The van der Waals surface area contributed by atoms with Crippen LogP contribution >= 0.6 is 11.6 Å². The average molecular weight is 570 g/mol. The molecule has 1 fully saturated rings. The highest BCUT2D eigenvalue weighted by atomic mass is 35.5. The molecule has 2 atom stereocenters. The van der Waals surface area contributed by atoms with Gasteiger partial charge in [0.2, 0.25) is 0 Å². The molecule has 9 heteroatoms. The van der Waals surface area contributed by atoms with Crippen LogP contribution in [0.15, 0.2) is 54.9 Å². The van der Waals surface area contributed by atoms with Crippen LogP contribution in [0, 0.1) is 5.41 Å². The van der Waals surface area contributed by atoms with Crippen molar-refractivity contribution in [1.82, 2.24) is 14.5 Å².